The van der Waals surface area contributed by atoms with Crippen molar-refractivity contribution in [2.24, 2.45) is 0 Å². The highest BCUT2D eigenvalue weighted by atomic mass is 32.2. The van der Waals surface area contributed by atoms with E-state index in [1.807, 2.05) is 0 Å². The average Bonchev–Trinajstić information content (AvgIpc) is 2.76. The van der Waals surface area contributed by atoms with E-state index >= 15 is 0 Å². The highest BCUT2D eigenvalue weighted by molar-refractivity contribution is 7.85. The lowest BCUT2D eigenvalue weighted by molar-refractivity contribution is -0.145. The fourth-order valence-electron chi connectivity index (χ4n) is 2.92. The van der Waals surface area contributed by atoms with E-state index in [9.17, 15) is 23.0 Å². The highest BCUT2D eigenvalue weighted by Gasteiger charge is 2.28. The number of carbonyl (C=O) groups is 3. The molecule has 0 radical (unpaired) electrons. The number of esters is 1. The van der Waals surface area contributed by atoms with E-state index in [2.05, 4.69) is 10.6 Å². The molecule has 31 heavy (non-hydrogen) atoms. The van der Waals surface area contributed by atoms with Gasteiger partial charge < -0.3 is 15.4 Å². The van der Waals surface area contributed by atoms with Crippen LogP contribution in [0.4, 0.5) is 4.39 Å². The van der Waals surface area contributed by atoms with Crippen LogP contribution in [0.2, 0.25) is 0 Å². The Bertz CT molecular complexity index is 939. The SMILES string of the molecule is COC(=O)[C@@H](CC[S@@](=O)c1ccccc1)NC(=O)[C@H](Cc1ccccc1F)NC(C)=O. The van der Waals surface area contributed by atoms with E-state index in [1.165, 1.54) is 32.2 Å². The molecule has 0 aliphatic rings. The quantitative estimate of drug-likeness (QED) is 0.539. The molecule has 0 saturated carbocycles. The summed E-state index contributed by atoms with van der Waals surface area (Å²) in [6, 6.07) is 12.5. The lowest BCUT2D eigenvalue weighted by Gasteiger charge is -2.22. The number of rotatable bonds is 10. The Morgan fingerprint density at radius 1 is 1.00 bits per heavy atom. The van der Waals surface area contributed by atoms with Crippen LogP contribution < -0.4 is 10.6 Å². The molecule has 0 aliphatic heterocycles. The summed E-state index contributed by atoms with van der Waals surface area (Å²) >= 11 is 0. The lowest BCUT2D eigenvalue weighted by atomic mass is 10.0. The van der Waals surface area contributed by atoms with Gasteiger partial charge in [-0.1, -0.05) is 36.4 Å². The first-order chi connectivity index (χ1) is 14.8. The summed E-state index contributed by atoms with van der Waals surface area (Å²) < 4.78 is 31.2. The molecule has 2 aromatic carbocycles. The smallest absolute Gasteiger partial charge is 0.328 e. The Kier molecular flexibility index (Phi) is 9.33. The zero-order valence-corrected chi connectivity index (χ0v) is 18.1. The molecule has 0 aromatic heterocycles. The summed E-state index contributed by atoms with van der Waals surface area (Å²) in [4.78, 5) is 37.1. The van der Waals surface area contributed by atoms with Crippen LogP contribution in [0.1, 0.15) is 18.9 Å². The molecule has 7 nitrogen and oxygen atoms in total. The third-order valence-corrected chi connectivity index (χ3v) is 5.88. The Labute approximate surface area is 182 Å². The molecule has 166 valence electrons. The molecule has 2 rings (SSSR count). The molecule has 2 N–H and O–H groups in total. The molecule has 9 heteroatoms. The van der Waals surface area contributed by atoms with Gasteiger partial charge in [0.15, 0.2) is 0 Å². The van der Waals surface area contributed by atoms with E-state index in [0.29, 0.717) is 4.90 Å². The van der Waals surface area contributed by atoms with Crippen molar-refractivity contribution < 1.29 is 27.7 Å². The first-order valence-electron chi connectivity index (χ1n) is 9.64. The molecule has 2 amide bonds. The molecule has 0 saturated heterocycles. The van der Waals surface area contributed by atoms with Gasteiger partial charge in [-0.25, -0.2) is 9.18 Å². The van der Waals surface area contributed by atoms with Gasteiger partial charge in [-0.05, 0) is 30.2 Å². The maximum atomic E-state index is 14.0. The van der Waals surface area contributed by atoms with Crippen LogP contribution in [-0.4, -0.2) is 46.9 Å². The molecule has 0 heterocycles. The maximum absolute atomic E-state index is 14.0. The second-order valence-electron chi connectivity index (χ2n) is 6.78. The largest absolute Gasteiger partial charge is 0.467 e. The van der Waals surface area contributed by atoms with Crippen LogP contribution in [0.15, 0.2) is 59.5 Å². The van der Waals surface area contributed by atoms with Crippen molar-refractivity contribution in [2.75, 3.05) is 12.9 Å². The number of carbonyl (C=O) groups excluding carboxylic acids is 3. The number of hydrogen-bond donors (Lipinski definition) is 2. The van der Waals surface area contributed by atoms with Gasteiger partial charge in [-0.3, -0.25) is 13.8 Å². The maximum Gasteiger partial charge on any atom is 0.328 e. The molecule has 0 aliphatic carbocycles. The number of ether oxygens (including phenoxy) is 1. The summed E-state index contributed by atoms with van der Waals surface area (Å²) in [6.07, 6.45) is -0.0334. The standard InChI is InChI=1S/C22H25FN2O5S/c1-15(26)24-20(14-16-8-6-7-11-18(16)23)21(27)25-19(22(28)30-2)12-13-31(29)17-9-4-3-5-10-17/h3-11,19-20H,12-14H2,1-2H3,(H,24,26)(H,25,27)/t19-,20+,31-/m1/s1. The Balaban J connectivity index is 2.10. The van der Waals surface area contributed by atoms with Gasteiger partial charge in [-0.15, -0.1) is 0 Å². The Morgan fingerprint density at radius 3 is 2.26 bits per heavy atom. The fraction of sp³-hybridized carbons (Fsp3) is 0.318. The minimum absolute atomic E-state index is 0.0619. The van der Waals surface area contributed by atoms with Crippen molar-refractivity contribution in [3.8, 4) is 0 Å². The second kappa shape index (κ2) is 11.9. The zero-order chi connectivity index (χ0) is 22.8. The van der Waals surface area contributed by atoms with Gasteiger partial charge in [0.2, 0.25) is 11.8 Å². The van der Waals surface area contributed by atoms with E-state index in [4.69, 9.17) is 4.74 Å². The van der Waals surface area contributed by atoms with Crippen molar-refractivity contribution >= 4 is 28.6 Å². The van der Waals surface area contributed by atoms with E-state index < -0.39 is 46.5 Å². The first-order valence-corrected chi connectivity index (χ1v) is 11.0. The highest BCUT2D eigenvalue weighted by Crippen LogP contribution is 2.11. The first kappa shape index (κ1) is 24.2. The topological polar surface area (TPSA) is 102 Å². The summed E-state index contributed by atoms with van der Waals surface area (Å²) in [5.74, 6) is -2.24. The molecule has 2 aromatic rings. The van der Waals surface area contributed by atoms with Gasteiger partial charge in [0.25, 0.3) is 0 Å². The number of amides is 2. The van der Waals surface area contributed by atoms with Crippen molar-refractivity contribution in [3.05, 3.63) is 66.0 Å². The van der Waals surface area contributed by atoms with E-state index in [1.54, 1.807) is 36.4 Å². The van der Waals surface area contributed by atoms with Gasteiger partial charge in [0, 0.05) is 24.0 Å². The Hall–Kier alpha value is -3.07. The normalized spacial score (nSPS) is 13.5. The molecule has 3 atom stereocenters. The number of nitrogens with one attached hydrogen (secondary N) is 2. The third kappa shape index (κ3) is 7.60. The summed E-state index contributed by atoms with van der Waals surface area (Å²) in [5.41, 5.74) is 0.246. The third-order valence-electron chi connectivity index (χ3n) is 4.48. The van der Waals surface area contributed by atoms with Crippen molar-refractivity contribution in [1.82, 2.24) is 10.6 Å². The predicted octanol–water partition coefficient (Wildman–Crippen LogP) is 1.73. The van der Waals surface area contributed by atoms with Crippen LogP contribution in [0, 0.1) is 5.82 Å². The molecular formula is C22H25FN2O5S. The number of hydrogen-bond acceptors (Lipinski definition) is 5. The number of benzene rings is 2. The summed E-state index contributed by atoms with van der Waals surface area (Å²) in [5, 5.41) is 5.01. The molecule has 0 spiro atoms. The number of methoxy groups -OCH3 is 1. The fourth-order valence-corrected chi connectivity index (χ4v) is 4.06. The monoisotopic (exact) mass is 448 g/mol. The van der Waals surface area contributed by atoms with Crippen LogP contribution in [-0.2, 0) is 36.3 Å². The Morgan fingerprint density at radius 2 is 1.65 bits per heavy atom. The van der Waals surface area contributed by atoms with E-state index in [-0.39, 0.29) is 24.2 Å². The zero-order valence-electron chi connectivity index (χ0n) is 17.3. The van der Waals surface area contributed by atoms with Gasteiger partial charge in [-0.2, -0.15) is 0 Å². The van der Waals surface area contributed by atoms with Crippen LogP contribution in [0.3, 0.4) is 0 Å². The summed E-state index contributed by atoms with van der Waals surface area (Å²) in [7, 11) is -0.189. The van der Waals surface area contributed by atoms with Gasteiger partial charge >= 0.3 is 5.97 Å². The van der Waals surface area contributed by atoms with E-state index in [0.717, 1.165) is 0 Å². The molecule has 0 fully saturated rings. The number of halogens is 1. The predicted molar refractivity (Wildman–Crippen MR) is 114 cm³/mol. The van der Waals surface area contributed by atoms with Crippen molar-refractivity contribution in [1.29, 1.82) is 0 Å². The lowest BCUT2D eigenvalue weighted by Crippen LogP contribution is -2.52. The van der Waals surface area contributed by atoms with Crippen LogP contribution in [0.5, 0.6) is 0 Å². The van der Waals surface area contributed by atoms with Gasteiger partial charge in [0.1, 0.15) is 17.9 Å². The minimum atomic E-state index is -1.37. The summed E-state index contributed by atoms with van der Waals surface area (Å²) in [6.45, 7) is 1.24. The van der Waals surface area contributed by atoms with Crippen molar-refractivity contribution in [2.45, 2.75) is 36.7 Å². The van der Waals surface area contributed by atoms with Crippen LogP contribution >= 0.6 is 0 Å². The van der Waals surface area contributed by atoms with Crippen LogP contribution in [0.25, 0.3) is 0 Å². The molecule has 0 unspecified atom stereocenters. The molecule has 0 bridgehead atoms. The average molecular weight is 449 g/mol. The van der Waals surface area contributed by atoms with Gasteiger partial charge in [0.05, 0.1) is 17.9 Å². The van der Waals surface area contributed by atoms with Crippen molar-refractivity contribution in [3.63, 3.8) is 0 Å². The minimum Gasteiger partial charge on any atom is -0.467 e. The second-order valence-corrected chi connectivity index (χ2v) is 8.36. The molecular weight excluding hydrogens is 423 g/mol.